The van der Waals surface area contributed by atoms with Crippen LogP contribution in [0.4, 0.5) is 23.0 Å². The topological polar surface area (TPSA) is 92.3 Å². The van der Waals surface area contributed by atoms with Gasteiger partial charge >= 0.3 is 0 Å². The van der Waals surface area contributed by atoms with Gasteiger partial charge in [-0.2, -0.15) is 0 Å². The number of nitrogen functional groups attached to an aromatic ring is 1. The van der Waals surface area contributed by atoms with E-state index in [4.69, 9.17) is 10.7 Å². The van der Waals surface area contributed by atoms with Gasteiger partial charge in [-0.25, -0.2) is 9.97 Å². The molecule has 0 bridgehead atoms. The minimum atomic E-state index is 0.125. The number of carbonyl (C=O) groups excluding carboxylic acids is 1. The molecule has 2 aromatic carbocycles. The summed E-state index contributed by atoms with van der Waals surface area (Å²) >= 11 is 0. The van der Waals surface area contributed by atoms with E-state index in [1.807, 2.05) is 17.2 Å². The molecule has 2 aromatic heterocycles. The van der Waals surface area contributed by atoms with Crippen LogP contribution in [0.1, 0.15) is 37.0 Å². The Morgan fingerprint density at radius 3 is 2.71 bits per heavy atom. The van der Waals surface area contributed by atoms with Gasteiger partial charge in [0.25, 0.3) is 0 Å². The van der Waals surface area contributed by atoms with Gasteiger partial charge < -0.3 is 25.4 Å². The van der Waals surface area contributed by atoms with Gasteiger partial charge in [-0.05, 0) is 55.0 Å². The number of nitrogens with one attached hydrogen (secondary N) is 1. The summed E-state index contributed by atoms with van der Waals surface area (Å²) in [5, 5.41) is 4.70. The van der Waals surface area contributed by atoms with Crippen molar-refractivity contribution >= 4 is 39.8 Å². The molecule has 1 amide bonds. The number of amides is 1. The zero-order valence-corrected chi connectivity index (χ0v) is 22.4. The molecule has 4 aromatic rings. The minimum Gasteiger partial charge on any atom is -0.397 e. The second-order valence-corrected chi connectivity index (χ2v) is 10.4. The highest BCUT2D eigenvalue weighted by Crippen LogP contribution is 2.37. The molecule has 196 valence electrons. The molecule has 1 saturated heterocycles. The van der Waals surface area contributed by atoms with Crippen molar-refractivity contribution in [1.82, 2.24) is 19.4 Å². The van der Waals surface area contributed by atoms with Crippen LogP contribution in [0, 0.1) is 6.92 Å². The third kappa shape index (κ3) is 4.23. The van der Waals surface area contributed by atoms with E-state index >= 15 is 0 Å². The van der Waals surface area contributed by atoms with E-state index in [1.165, 1.54) is 28.5 Å². The molecular formula is C30H35N7O. The normalized spacial score (nSPS) is 15.2. The van der Waals surface area contributed by atoms with Crippen LogP contribution in [0.5, 0.6) is 0 Å². The summed E-state index contributed by atoms with van der Waals surface area (Å²) in [4.78, 5) is 25.5. The Balaban J connectivity index is 1.31. The van der Waals surface area contributed by atoms with E-state index in [0.717, 1.165) is 60.7 Å². The second-order valence-electron chi connectivity index (χ2n) is 10.4. The number of para-hydroxylation sites is 1. The predicted octanol–water partition coefficient (Wildman–Crippen LogP) is 4.91. The number of benzene rings is 2. The number of anilines is 4. The highest BCUT2D eigenvalue weighted by atomic mass is 16.2. The van der Waals surface area contributed by atoms with Crippen LogP contribution in [0.25, 0.3) is 22.2 Å². The summed E-state index contributed by atoms with van der Waals surface area (Å²) in [5.74, 6) is 0.689. The molecule has 8 heteroatoms. The van der Waals surface area contributed by atoms with Crippen LogP contribution in [0.15, 0.2) is 42.7 Å². The maximum atomic E-state index is 11.7. The van der Waals surface area contributed by atoms with Crippen molar-refractivity contribution in [2.24, 2.45) is 0 Å². The van der Waals surface area contributed by atoms with Gasteiger partial charge in [0.15, 0.2) is 0 Å². The van der Waals surface area contributed by atoms with E-state index in [1.54, 1.807) is 6.92 Å². The smallest absolute Gasteiger partial charge is 0.227 e. The number of nitrogens with two attached hydrogens (primary N) is 1. The zero-order chi connectivity index (χ0) is 26.4. The Bertz CT molecular complexity index is 1530. The molecule has 6 rings (SSSR count). The van der Waals surface area contributed by atoms with Crippen molar-refractivity contribution in [2.45, 2.75) is 46.6 Å². The third-order valence-electron chi connectivity index (χ3n) is 8.01. The minimum absolute atomic E-state index is 0.125. The third-order valence-corrected chi connectivity index (χ3v) is 8.01. The van der Waals surface area contributed by atoms with Gasteiger partial charge in [0.2, 0.25) is 11.9 Å². The molecule has 0 atom stereocenters. The van der Waals surface area contributed by atoms with Crippen molar-refractivity contribution < 1.29 is 4.79 Å². The largest absolute Gasteiger partial charge is 0.397 e. The van der Waals surface area contributed by atoms with Crippen LogP contribution >= 0.6 is 0 Å². The molecule has 2 aliphatic rings. The molecular weight excluding hydrogens is 474 g/mol. The number of hydrogen-bond donors (Lipinski definition) is 2. The Kier molecular flexibility index (Phi) is 6.18. The van der Waals surface area contributed by atoms with Crippen molar-refractivity contribution in [3.05, 3.63) is 59.4 Å². The Hall–Kier alpha value is -4.07. The molecule has 8 nitrogen and oxygen atoms in total. The van der Waals surface area contributed by atoms with E-state index in [-0.39, 0.29) is 5.91 Å². The fraction of sp³-hybridized carbons (Fsp3) is 0.367. The second kappa shape index (κ2) is 9.67. The van der Waals surface area contributed by atoms with Gasteiger partial charge in [0.1, 0.15) is 0 Å². The SMILES string of the molecule is CCc1cnc(Nc2cc(N)c(N3CCN(C(C)=O)CC3)cc2C)nc1-c1cn2c3c(cccc13)CCC2. The van der Waals surface area contributed by atoms with Crippen LogP contribution in [0.2, 0.25) is 0 Å². The maximum absolute atomic E-state index is 11.7. The summed E-state index contributed by atoms with van der Waals surface area (Å²) < 4.78 is 2.39. The number of piperazine rings is 1. The average Bonchev–Trinajstić information content (AvgIpc) is 3.31. The molecule has 0 spiro atoms. The first-order valence-electron chi connectivity index (χ1n) is 13.6. The summed E-state index contributed by atoms with van der Waals surface area (Å²) in [7, 11) is 0. The standard InChI is InChI=1S/C30H35N7O/c1-4-21-17-32-30(34-28(21)24-18-37-10-6-8-22-7-5-9-23(24)29(22)37)33-26-16-25(31)27(15-19(26)2)36-13-11-35(12-14-36)20(3)38/h5,7,9,15-18H,4,6,8,10-14,31H2,1-3H3,(H,32,33,34). The molecule has 0 saturated carbocycles. The molecule has 3 N–H and O–H groups in total. The van der Waals surface area contributed by atoms with Crippen molar-refractivity contribution in [2.75, 3.05) is 42.1 Å². The fourth-order valence-corrected chi connectivity index (χ4v) is 5.90. The first-order valence-corrected chi connectivity index (χ1v) is 13.6. The van der Waals surface area contributed by atoms with Crippen molar-refractivity contribution in [3.63, 3.8) is 0 Å². The van der Waals surface area contributed by atoms with Gasteiger partial charge in [0, 0.05) is 68.7 Å². The first kappa shape index (κ1) is 24.3. The number of carbonyl (C=O) groups is 1. The van der Waals surface area contributed by atoms with Crippen molar-refractivity contribution in [3.8, 4) is 11.3 Å². The van der Waals surface area contributed by atoms with E-state index in [9.17, 15) is 4.79 Å². The molecule has 2 aliphatic heterocycles. The lowest BCUT2D eigenvalue weighted by Crippen LogP contribution is -2.48. The zero-order valence-electron chi connectivity index (χ0n) is 22.4. The van der Waals surface area contributed by atoms with Crippen molar-refractivity contribution in [1.29, 1.82) is 0 Å². The summed E-state index contributed by atoms with van der Waals surface area (Å²) in [6.07, 6.45) is 7.36. The molecule has 1 fully saturated rings. The molecule has 4 heterocycles. The van der Waals surface area contributed by atoms with Crippen LogP contribution < -0.4 is 16.0 Å². The summed E-state index contributed by atoms with van der Waals surface area (Å²) in [6.45, 7) is 9.87. The Labute approximate surface area is 223 Å². The molecule has 38 heavy (non-hydrogen) atoms. The van der Waals surface area contributed by atoms with Crippen LogP contribution in [-0.4, -0.2) is 51.5 Å². The maximum Gasteiger partial charge on any atom is 0.227 e. The lowest BCUT2D eigenvalue weighted by atomic mass is 10.0. The van der Waals surface area contributed by atoms with Gasteiger partial charge in [0.05, 0.1) is 22.6 Å². The number of aryl methyl sites for hydroxylation is 4. The number of rotatable bonds is 5. The van der Waals surface area contributed by atoms with Crippen LogP contribution in [0.3, 0.4) is 0 Å². The monoisotopic (exact) mass is 509 g/mol. The lowest BCUT2D eigenvalue weighted by Gasteiger charge is -2.36. The number of nitrogens with zero attached hydrogens (tertiary/aromatic N) is 5. The Morgan fingerprint density at radius 1 is 1.13 bits per heavy atom. The number of aromatic nitrogens is 3. The first-order chi connectivity index (χ1) is 18.4. The van der Waals surface area contributed by atoms with E-state index in [0.29, 0.717) is 24.7 Å². The average molecular weight is 510 g/mol. The van der Waals surface area contributed by atoms with E-state index in [2.05, 4.69) is 64.1 Å². The van der Waals surface area contributed by atoms with E-state index < -0.39 is 0 Å². The summed E-state index contributed by atoms with van der Waals surface area (Å²) in [6, 6.07) is 10.7. The highest BCUT2D eigenvalue weighted by molar-refractivity contribution is 5.98. The molecule has 0 aliphatic carbocycles. The van der Waals surface area contributed by atoms with Gasteiger partial charge in [-0.1, -0.05) is 25.1 Å². The van der Waals surface area contributed by atoms with Crippen LogP contribution in [-0.2, 0) is 24.2 Å². The quantitative estimate of drug-likeness (QED) is 0.372. The predicted molar refractivity (Wildman–Crippen MR) is 154 cm³/mol. The van der Waals surface area contributed by atoms with Gasteiger partial charge in [-0.15, -0.1) is 0 Å². The molecule has 0 unspecified atom stereocenters. The number of hydrogen-bond acceptors (Lipinski definition) is 6. The fourth-order valence-electron chi connectivity index (χ4n) is 5.90. The summed E-state index contributed by atoms with van der Waals surface area (Å²) in [5.41, 5.74) is 16.2. The Morgan fingerprint density at radius 2 is 1.95 bits per heavy atom. The lowest BCUT2D eigenvalue weighted by molar-refractivity contribution is -0.129. The molecule has 0 radical (unpaired) electrons. The highest BCUT2D eigenvalue weighted by Gasteiger charge is 2.22. The van der Waals surface area contributed by atoms with Gasteiger partial charge in [-0.3, -0.25) is 4.79 Å².